The smallest absolute Gasteiger partial charge is 0.313 e. The Kier molecular flexibility index (Phi) is 6.60. The van der Waals surface area contributed by atoms with Crippen LogP contribution in [0.4, 0.5) is 0 Å². The molecule has 1 atom stereocenters. The standard InChI is InChI=1S/C18H26O4/c1-11(2)17(19)21-10-14(6)15-8-7-13(5)9-16(15)22-18(20)12(3)4/h7-9,11-12,14H,10H2,1-6H3. The molecule has 0 amide bonds. The molecule has 0 aliphatic rings. The number of benzene rings is 1. The Morgan fingerprint density at radius 2 is 1.59 bits per heavy atom. The van der Waals surface area contributed by atoms with Crippen molar-refractivity contribution in [2.45, 2.75) is 47.5 Å². The van der Waals surface area contributed by atoms with Crippen LogP contribution in [-0.4, -0.2) is 18.5 Å². The Morgan fingerprint density at radius 3 is 2.14 bits per heavy atom. The Hall–Kier alpha value is -1.84. The average Bonchev–Trinajstić information content (AvgIpc) is 2.44. The van der Waals surface area contributed by atoms with Gasteiger partial charge in [-0.05, 0) is 18.6 Å². The lowest BCUT2D eigenvalue weighted by Gasteiger charge is -2.18. The normalized spacial score (nSPS) is 12.4. The molecule has 22 heavy (non-hydrogen) atoms. The summed E-state index contributed by atoms with van der Waals surface area (Å²) in [5.41, 5.74) is 1.89. The maximum Gasteiger partial charge on any atom is 0.313 e. The van der Waals surface area contributed by atoms with Crippen molar-refractivity contribution in [1.29, 1.82) is 0 Å². The topological polar surface area (TPSA) is 52.6 Å². The van der Waals surface area contributed by atoms with Gasteiger partial charge in [0.1, 0.15) is 5.75 Å². The molecule has 0 spiro atoms. The van der Waals surface area contributed by atoms with Gasteiger partial charge in [-0.25, -0.2) is 0 Å². The van der Waals surface area contributed by atoms with E-state index in [-0.39, 0.29) is 36.3 Å². The van der Waals surface area contributed by atoms with Gasteiger partial charge in [0.25, 0.3) is 0 Å². The molecule has 1 aromatic carbocycles. The zero-order valence-electron chi connectivity index (χ0n) is 14.3. The van der Waals surface area contributed by atoms with Crippen LogP contribution in [0, 0.1) is 18.8 Å². The van der Waals surface area contributed by atoms with Gasteiger partial charge in [-0.15, -0.1) is 0 Å². The molecule has 0 saturated heterocycles. The fourth-order valence-corrected chi connectivity index (χ4v) is 1.83. The fourth-order valence-electron chi connectivity index (χ4n) is 1.83. The van der Waals surface area contributed by atoms with Gasteiger partial charge in [-0.2, -0.15) is 0 Å². The molecule has 0 aliphatic heterocycles. The summed E-state index contributed by atoms with van der Waals surface area (Å²) >= 11 is 0. The van der Waals surface area contributed by atoms with E-state index in [9.17, 15) is 9.59 Å². The second-order valence-electron chi connectivity index (χ2n) is 6.30. The molecule has 4 heteroatoms. The predicted molar refractivity (Wildman–Crippen MR) is 85.9 cm³/mol. The molecule has 4 nitrogen and oxygen atoms in total. The lowest BCUT2D eigenvalue weighted by atomic mass is 9.99. The van der Waals surface area contributed by atoms with Gasteiger partial charge < -0.3 is 9.47 Å². The van der Waals surface area contributed by atoms with Crippen molar-refractivity contribution in [3.8, 4) is 5.75 Å². The van der Waals surface area contributed by atoms with Crippen molar-refractivity contribution in [2.75, 3.05) is 6.61 Å². The molecule has 1 unspecified atom stereocenters. The molecule has 122 valence electrons. The van der Waals surface area contributed by atoms with Crippen molar-refractivity contribution in [3.63, 3.8) is 0 Å². The Labute approximate surface area is 132 Å². The maximum absolute atomic E-state index is 11.8. The molecule has 1 aromatic rings. The number of rotatable bonds is 6. The molecule has 0 aliphatic carbocycles. The van der Waals surface area contributed by atoms with Gasteiger partial charge >= 0.3 is 11.9 Å². The number of ether oxygens (including phenoxy) is 2. The minimum Gasteiger partial charge on any atom is -0.465 e. The summed E-state index contributed by atoms with van der Waals surface area (Å²) in [7, 11) is 0. The Bertz CT molecular complexity index is 532. The van der Waals surface area contributed by atoms with Crippen molar-refractivity contribution in [3.05, 3.63) is 29.3 Å². The van der Waals surface area contributed by atoms with Crippen LogP contribution in [0.2, 0.25) is 0 Å². The summed E-state index contributed by atoms with van der Waals surface area (Å²) in [4.78, 5) is 23.4. The van der Waals surface area contributed by atoms with E-state index in [0.717, 1.165) is 11.1 Å². The zero-order valence-corrected chi connectivity index (χ0v) is 14.3. The van der Waals surface area contributed by atoms with Gasteiger partial charge in [-0.3, -0.25) is 9.59 Å². The van der Waals surface area contributed by atoms with Gasteiger partial charge in [-0.1, -0.05) is 46.8 Å². The van der Waals surface area contributed by atoms with Crippen LogP contribution >= 0.6 is 0 Å². The SMILES string of the molecule is Cc1ccc(C(C)COC(=O)C(C)C)c(OC(=O)C(C)C)c1. The number of hydrogen-bond donors (Lipinski definition) is 0. The number of esters is 2. The van der Waals surface area contributed by atoms with E-state index in [1.54, 1.807) is 27.7 Å². The fraction of sp³-hybridized carbons (Fsp3) is 0.556. The van der Waals surface area contributed by atoms with Crippen LogP contribution in [0.25, 0.3) is 0 Å². The molecule has 0 bridgehead atoms. The second-order valence-corrected chi connectivity index (χ2v) is 6.30. The molecule has 0 fully saturated rings. The van der Waals surface area contributed by atoms with Crippen LogP contribution in [0.15, 0.2) is 18.2 Å². The van der Waals surface area contributed by atoms with Crippen molar-refractivity contribution >= 4 is 11.9 Å². The van der Waals surface area contributed by atoms with E-state index in [0.29, 0.717) is 5.75 Å². The molecule has 0 radical (unpaired) electrons. The van der Waals surface area contributed by atoms with Crippen molar-refractivity contribution in [2.24, 2.45) is 11.8 Å². The summed E-state index contributed by atoms with van der Waals surface area (Å²) in [6.45, 7) is 11.4. The molecule has 0 aromatic heterocycles. The summed E-state index contributed by atoms with van der Waals surface area (Å²) in [5.74, 6) is -0.325. The summed E-state index contributed by atoms with van der Waals surface area (Å²) in [5, 5.41) is 0. The second kappa shape index (κ2) is 7.97. The predicted octanol–water partition coefficient (Wildman–Crippen LogP) is 3.86. The van der Waals surface area contributed by atoms with Crippen LogP contribution in [0.5, 0.6) is 5.75 Å². The lowest BCUT2D eigenvalue weighted by molar-refractivity contribution is -0.147. The maximum atomic E-state index is 11.8. The average molecular weight is 306 g/mol. The van der Waals surface area contributed by atoms with E-state index >= 15 is 0 Å². The van der Waals surface area contributed by atoms with Crippen molar-refractivity contribution < 1.29 is 19.1 Å². The summed E-state index contributed by atoms with van der Waals surface area (Å²) < 4.78 is 10.8. The number of aryl methyl sites for hydroxylation is 1. The Balaban J connectivity index is 2.88. The zero-order chi connectivity index (χ0) is 16.9. The van der Waals surface area contributed by atoms with Crippen molar-refractivity contribution in [1.82, 2.24) is 0 Å². The first-order valence-corrected chi connectivity index (χ1v) is 7.71. The highest BCUT2D eigenvalue weighted by Crippen LogP contribution is 2.29. The minimum absolute atomic E-state index is 0.0433. The molecule has 0 heterocycles. The lowest BCUT2D eigenvalue weighted by Crippen LogP contribution is -2.18. The van der Waals surface area contributed by atoms with E-state index < -0.39 is 0 Å². The first-order valence-electron chi connectivity index (χ1n) is 7.71. The van der Waals surface area contributed by atoms with Crippen LogP contribution in [-0.2, 0) is 14.3 Å². The van der Waals surface area contributed by atoms with E-state index in [4.69, 9.17) is 9.47 Å². The first-order chi connectivity index (χ1) is 10.2. The minimum atomic E-state index is -0.266. The van der Waals surface area contributed by atoms with Gasteiger partial charge in [0.2, 0.25) is 0 Å². The van der Waals surface area contributed by atoms with E-state index in [1.165, 1.54) is 0 Å². The molecule has 0 saturated carbocycles. The quantitative estimate of drug-likeness (QED) is 0.591. The van der Waals surface area contributed by atoms with Crippen LogP contribution in [0.1, 0.15) is 51.7 Å². The van der Waals surface area contributed by atoms with Gasteiger partial charge in [0.15, 0.2) is 0 Å². The highest BCUT2D eigenvalue weighted by Gasteiger charge is 2.18. The third kappa shape index (κ3) is 5.17. The summed E-state index contributed by atoms with van der Waals surface area (Å²) in [6.07, 6.45) is 0. The van der Waals surface area contributed by atoms with Crippen LogP contribution < -0.4 is 4.74 Å². The molecular weight excluding hydrogens is 280 g/mol. The van der Waals surface area contributed by atoms with E-state index in [2.05, 4.69) is 0 Å². The molecule has 0 N–H and O–H groups in total. The van der Waals surface area contributed by atoms with Crippen LogP contribution in [0.3, 0.4) is 0 Å². The van der Waals surface area contributed by atoms with E-state index in [1.807, 2.05) is 32.0 Å². The highest BCUT2D eigenvalue weighted by molar-refractivity contribution is 5.75. The monoisotopic (exact) mass is 306 g/mol. The highest BCUT2D eigenvalue weighted by atomic mass is 16.5. The Morgan fingerprint density at radius 1 is 1.00 bits per heavy atom. The number of carbonyl (C=O) groups is 2. The third-order valence-electron chi connectivity index (χ3n) is 3.33. The number of carbonyl (C=O) groups excluding carboxylic acids is 2. The molecule has 1 rings (SSSR count). The number of hydrogen-bond acceptors (Lipinski definition) is 4. The summed E-state index contributed by atoms with van der Waals surface area (Å²) in [6, 6.07) is 5.73. The largest absolute Gasteiger partial charge is 0.465 e. The molecular formula is C18H26O4. The van der Waals surface area contributed by atoms with Gasteiger partial charge in [0, 0.05) is 11.5 Å². The first kappa shape index (κ1) is 18.2. The van der Waals surface area contributed by atoms with Gasteiger partial charge in [0.05, 0.1) is 18.4 Å². The third-order valence-corrected chi connectivity index (χ3v) is 3.33.